The van der Waals surface area contributed by atoms with Gasteiger partial charge in [0.2, 0.25) is 0 Å². The van der Waals surface area contributed by atoms with Gasteiger partial charge in [0.25, 0.3) is 0 Å². The summed E-state index contributed by atoms with van der Waals surface area (Å²) in [7, 11) is 0. The van der Waals surface area contributed by atoms with Crippen molar-refractivity contribution in [2.75, 3.05) is 0 Å². The van der Waals surface area contributed by atoms with Crippen LogP contribution in [0, 0.1) is 0 Å². The van der Waals surface area contributed by atoms with E-state index < -0.39 is 0 Å². The highest BCUT2D eigenvalue weighted by Gasteiger charge is 2.26. The molecule has 0 fully saturated rings. The Balaban J connectivity index is 3.45. The Morgan fingerprint density at radius 3 is 1.50 bits per heavy atom. The van der Waals surface area contributed by atoms with E-state index in [0.29, 0.717) is 0 Å². The van der Waals surface area contributed by atoms with E-state index in [4.69, 9.17) is 4.74 Å². The van der Waals surface area contributed by atoms with Gasteiger partial charge in [-0.3, -0.25) is 0 Å². The van der Waals surface area contributed by atoms with E-state index in [1.165, 1.54) is 11.1 Å². The highest BCUT2D eigenvalue weighted by molar-refractivity contribution is 5.48. The first-order valence-corrected chi connectivity index (χ1v) is 6.84. The van der Waals surface area contributed by atoms with Crippen molar-refractivity contribution >= 4 is 0 Å². The van der Waals surface area contributed by atoms with E-state index in [1.807, 2.05) is 0 Å². The van der Waals surface area contributed by atoms with Gasteiger partial charge in [0.15, 0.2) is 0 Å². The SMILES string of the molecule is CC(C)Oc1c(C(C)(C)C)cccc1C(C)(C)C. The minimum absolute atomic E-state index is 0.103. The number of ether oxygens (including phenoxy) is 1. The Morgan fingerprint density at radius 2 is 1.22 bits per heavy atom. The van der Waals surface area contributed by atoms with Gasteiger partial charge in [-0.1, -0.05) is 59.7 Å². The summed E-state index contributed by atoms with van der Waals surface area (Å²) in [6.07, 6.45) is 0.203. The number of hydrogen-bond acceptors (Lipinski definition) is 1. The number of para-hydroxylation sites is 1. The highest BCUT2D eigenvalue weighted by Crippen LogP contribution is 2.39. The van der Waals surface area contributed by atoms with Crippen molar-refractivity contribution in [3.8, 4) is 5.75 Å². The van der Waals surface area contributed by atoms with Crippen LogP contribution < -0.4 is 4.74 Å². The Morgan fingerprint density at radius 1 is 0.833 bits per heavy atom. The molecule has 1 nitrogen and oxygen atoms in total. The van der Waals surface area contributed by atoms with Gasteiger partial charge in [-0.05, 0) is 35.8 Å². The lowest BCUT2D eigenvalue weighted by Crippen LogP contribution is -2.21. The third-order valence-corrected chi connectivity index (χ3v) is 2.98. The fourth-order valence-electron chi connectivity index (χ4n) is 2.08. The van der Waals surface area contributed by atoms with E-state index in [2.05, 4.69) is 73.6 Å². The van der Waals surface area contributed by atoms with Crippen LogP contribution in [0.3, 0.4) is 0 Å². The molecule has 0 saturated heterocycles. The van der Waals surface area contributed by atoms with Gasteiger partial charge < -0.3 is 4.74 Å². The van der Waals surface area contributed by atoms with Crippen LogP contribution in [0.5, 0.6) is 5.75 Å². The molecule has 0 bridgehead atoms. The molecule has 0 atom stereocenters. The lowest BCUT2D eigenvalue weighted by atomic mass is 9.79. The second-order valence-corrected chi connectivity index (χ2v) is 7.35. The zero-order valence-electron chi connectivity index (χ0n) is 13.2. The molecule has 0 aliphatic rings. The average molecular weight is 248 g/mol. The molecule has 0 spiro atoms. The van der Waals surface area contributed by atoms with Gasteiger partial charge in [-0.25, -0.2) is 0 Å². The zero-order chi connectivity index (χ0) is 14.1. The summed E-state index contributed by atoms with van der Waals surface area (Å²) in [5, 5.41) is 0. The topological polar surface area (TPSA) is 9.23 Å². The van der Waals surface area contributed by atoms with Crippen LogP contribution in [-0.4, -0.2) is 6.10 Å². The Labute approximate surface area is 113 Å². The summed E-state index contributed by atoms with van der Waals surface area (Å²) in [6, 6.07) is 6.52. The van der Waals surface area contributed by atoms with Crippen LogP contribution in [0.1, 0.15) is 66.5 Å². The lowest BCUT2D eigenvalue weighted by molar-refractivity contribution is 0.231. The summed E-state index contributed by atoms with van der Waals surface area (Å²) in [5.74, 6) is 1.08. The first-order valence-electron chi connectivity index (χ1n) is 6.84. The van der Waals surface area contributed by atoms with Crippen molar-refractivity contribution in [3.05, 3.63) is 29.3 Å². The van der Waals surface area contributed by atoms with Crippen LogP contribution >= 0.6 is 0 Å². The summed E-state index contributed by atoms with van der Waals surface area (Å²) in [6.45, 7) is 17.6. The van der Waals surface area contributed by atoms with E-state index >= 15 is 0 Å². The maximum Gasteiger partial charge on any atom is 0.127 e. The van der Waals surface area contributed by atoms with Crippen LogP contribution in [0.25, 0.3) is 0 Å². The largest absolute Gasteiger partial charge is 0.490 e. The predicted octanol–water partition coefficient (Wildman–Crippen LogP) is 5.07. The Kier molecular flexibility index (Phi) is 4.15. The number of rotatable bonds is 2. The van der Waals surface area contributed by atoms with Crippen molar-refractivity contribution in [1.29, 1.82) is 0 Å². The molecule has 1 heteroatoms. The Bertz CT molecular complexity index is 370. The predicted molar refractivity (Wildman–Crippen MR) is 79.6 cm³/mol. The number of hydrogen-bond donors (Lipinski definition) is 0. The Hall–Kier alpha value is -0.980. The molecule has 1 aromatic rings. The summed E-state index contributed by atoms with van der Waals surface area (Å²) in [5.41, 5.74) is 2.80. The van der Waals surface area contributed by atoms with Crippen molar-refractivity contribution in [1.82, 2.24) is 0 Å². The second-order valence-electron chi connectivity index (χ2n) is 7.35. The molecule has 0 saturated carbocycles. The first kappa shape index (κ1) is 15.1. The molecular formula is C17H28O. The fraction of sp³-hybridized carbons (Fsp3) is 0.647. The van der Waals surface area contributed by atoms with E-state index in [0.717, 1.165) is 5.75 Å². The number of benzene rings is 1. The van der Waals surface area contributed by atoms with Crippen LogP contribution in [0.4, 0.5) is 0 Å². The molecule has 0 N–H and O–H groups in total. The molecular weight excluding hydrogens is 220 g/mol. The molecule has 0 aromatic heterocycles. The smallest absolute Gasteiger partial charge is 0.127 e. The van der Waals surface area contributed by atoms with E-state index in [1.54, 1.807) is 0 Å². The molecule has 1 aromatic carbocycles. The molecule has 0 radical (unpaired) electrons. The molecule has 0 amide bonds. The maximum absolute atomic E-state index is 6.13. The summed E-state index contributed by atoms with van der Waals surface area (Å²) >= 11 is 0. The van der Waals surface area contributed by atoms with Gasteiger partial charge >= 0.3 is 0 Å². The van der Waals surface area contributed by atoms with Crippen LogP contribution in [0.15, 0.2) is 18.2 Å². The van der Waals surface area contributed by atoms with Gasteiger partial charge in [-0.2, -0.15) is 0 Å². The fourth-order valence-corrected chi connectivity index (χ4v) is 2.08. The molecule has 102 valence electrons. The monoisotopic (exact) mass is 248 g/mol. The second kappa shape index (κ2) is 4.95. The van der Waals surface area contributed by atoms with Gasteiger partial charge in [-0.15, -0.1) is 0 Å². The lowest BCUT2D eigenvalue weighted by Gasteiger charge is -2.30. The van der Waals surface area contributed by atoms with Crippen molar-refractivity contribution < 1.29 is 4.74 Å². The third kappa shape index (κ3) is 3.51. The van der Waals surface area contributed by atoms with Crippen molar-refractivity contribution in [2.24, 2.45) is 0 Å². The minimum Gasteiger partial charge on any atom is -0.490 e. The van der Waals surface area contributed by atoms with Crippen LogP contribution in [-0.2, 0) is 10.8 Å². The minimum atomic E-state index is 0.103. The van der Waals surface area contributed by atoms with Gasteiger partial charge in [0, 0.05) is 0 Å². The van der Waals surface area contributed by atoms with Gasteiger partial charge in [0.1, 0.15) is 5.75 Å². The first-order chi connectivity index (χ1) is 8.03. The maximum atomic E-state index is 6.13. The van der Waals surface area contributed by atoms with E-state index in [-0.39, 0.29) is 16.9 Å². The third-order valence-electron chi connectivity index (χ3n) is 2.98. The highest BCUT2D eigenvalue weighted by atomic mass is 16.5. The van der Waals surface area contributed by atoms with E-state index in [9.17, 15) is 0 Å². The molecule has 18 heavy (non-hydrogen) atoms. The quantitative estimate of drug-likeness (QED) is 0.710. The van der Waals surface area contributed by atoms with Crippen molar-refractivity contribution in [2.45, 2.75) is 72.3 Å². The molecule has 1 rings (SSSR count). The normalized spacial score (nSPS) is 12.9. The molecule has 0 heterocycles. The standard InChI is InChI=1S/C17H28O/c1-12(2)18-15-13(16(3,4)5)10-9-11-14(15)17(6,7)8/h9-12H,1-8H3. The van der Waals surface area contributed by atoms with Crippen molar-refractivity contribution in [3.63, 3.8) is 0 Å². The van der Waals surface area contributed by atoms with Gasteiger partial charge in [0.05, 0.1) is 6.10 Å². The summed E-state index contributed by atoms with van der Waals surface area (Å²) in [4.78, 5) is 0. The molecule has 0 aliphatic heterocycles. The molecule has 0 aliphatic carbocycles. The zero-order valence-corrected chi connectivity index (χ0v) is 13.2. The molecule has 0 unspecified atom stereocenters. The summed E-state index contributed by atoms with van der Waals surface area (Å²) < 4.78 is 6.13. The van der Waals surface area contributed by atoms with Crippen LogP contribution in [0.2, 0.25) is 0 Å². The average Bonchev–Trinajstić information content (AvgIpc) is 2.13.